The molecule has 6 heteroatoms. The van der Waals surface area contributed by atoms with Crippen LogP contribution in [0.3, 0.4) is 0 Å². The van der Waals surface area contributed by atoms with E-state index in [9.17, 15) is 10.1 Å². The molecule has 0 saturated carbocycles. The first kappa shape index (κ1) is 11.3. The topological polar surface area (TPSA) is 73.3 Å². The number of aromatic nitrogens is 3. The number of nitro groups is 1. The number of hydrogen-bond donors (Lipinski definition) is 0. The van der Waals surface area contributed by atoms with E-state index in [1.54, 1.807) is 35.9 Å². The number of benzene rings is 1. The van der Waals surface area contributed by atoms with E-state index in [4.69, 9.17) is 0 Å². The molecule has 19 heavy (non-hydrogen) atoms. The van der Waals surface area contributed by atoms with Gasteiger partial charge in [0.15, 0.2) is 0 Å². The van der Waals surface area contributed by atoms with Crippen LogP contribution in [-0.4, -0.2) is 19.3 Å². The van der Waals surface area contributed by atoms with Gasteiger partial charge < -0.3 is 0 Å². The van der Waals surface area contributed by atoms with Crippen LogP contribution in [0.4, 0.5) is 5.69 Å². The lowest BCUT2D eigenvalue weighted by Crippen LogP contribution is -1.92. The van der Waals surface area contributed by atoms with Crippen molar-refractivity contribution in [3.63, 3.8) is 0 Å². The highest BCUT2D eigenvalue weighted by atomic mass is 16.6. The van der Waals surface area contributed by atoms with E-state index < -0.39 is 0 Å². The van der Waals surface area contributed by atoms with Gasteiger partial charge in [-0.2, -0.15) is 0 Å². The molecule has 0 aliphatic heterocycles. The normalized spacial score (nSPS) is 10.8. The number of nitrogens with zero attached hydrogens (tertiary/aromatic N) is 4. The molecule has 3 rings (SSSR count). The molecule has 0 radical (unpaired) electrons. The molecule has 0 N–H and O–H groups in total. The Kier molecular flexibility index (Phi) is 2.49. The van der Waals surface area contributed by atoms with Crippen LogP contribution in [0.5, 0.6) is 0 Å². The SMILES string of the molecule is Cc1ccc(-c2cn3cccnc3n2)cc1[N+](=O)[O-]. The fourth-order valence-corrected chi connectivity index (χ4v) is 1.93. The van der Waals surface area contributed by atoms with Crippen LogP contribution in [0.2, 0.25) is 0 Å². The Hall–Kier alpha value is -2.76. The minimum Gasteiger partial charge on any atom is -0.291 e. The lowest BCUT2D eigenvalue weighted by atomic mass is 10.1. The first-order valence-corrected chi connectivity index (χ1v) is 5.70. The summed E-state index contributed by atoms with van der Waals surface area (Å²) in [5.41, 5.74) is 2.11. The summed E-state index contributed by atoms with van der Waals surface area (Å²) in [5, 5.41) is 10.9. The highest BCUT2D eigenvalue weighted by Gasteiger charge is 2.13. The van der Waals surface area contributed by atoms with Gasteiger partial charge in [-0.3, -0.25) is 14.5 Å². The average molecular weight is 254 g/mol. The number of fused-ring (bicyclic) bond motifs is 1. The number of aryl methyl sites for hydroxylation is 1. The van der Waals surface area contributed by atoms with E-state index in [1.807, 2.05) is 12.3 Å². The van der Waals surface area contributed by atoms with Crippen molar-refractivity contribution in [3.8, 4) is 11.3 Å². The number of imidazole rings is 1. The van der Waals surface area contributed by atoms with Crippen LogP contribution in [0.15, 0.2) is 42.9 Å². The third-order valence-electron chi connectivity index (χ3n) is 2.94. The van der Waals surface area contributed by atoms with Gasteiger partial charge in [0, 0.05) is 35.8 Å². The van der Waals surface area contributed by atoms with E-state index >= 15 is 0 Å². The molecule has 2 aromatic heterocycles. The molecule has 6 nitrogen and oxygen atoms in total. The van der Waals surface area contributed by atoms with Crippen molar-refractivity contribution in [3.05, 3.63) is 58.5 Å². The quantitative estimate of drug-likeness (QED) is 0.520. The minimum absolute atomic E-state index is 0.0996. The molecule has 0 saturated heterocycles. The van der Waals surface area contributed by atoms with E-state index in [-0.39, 0.29) is 10.6 Å². The van der Waals surface area contributed by atoms with Crippen molar-refractivity contribution in [1.82, 2.24) is 14.4 Å². The van der Waals surface area contributed by atoms with Crippen molar-refractivity contribution >= 4 is 11.5 Å². The monoisotopic (exact) mass is 254 g/mol. The Morgan fingerprint density at radius 2 is 2.21 bits per heavy atom. The van der Waals surface area contributed by atoms with Gasteiger partial charge in [-0.25, -0.2) is 9.97 Å². The van der Waals surface area contributed by atoms with Gasteiger partial charge in [-0.05, 0) is 13.0 Å². The van der Waals surface area contributed by atoms with Crippen LogP contribution in [-0.2, 0) is 0 Å². The predicted octanol–water partition coefficient (Wildman–Crippen LogP) is 2.61. The Balaban J connectivity index is 2.16. The molecule has 0 fully saturated rings. The average Bonchev–Trinajstić information content (AvgIpc) is 2.82. The van der Waals surface area contributed by atoms with Crippen molar-refractivity contribution < 1.29 is 4.92 Å². The van der Waals surface area contributed by atoms with Gasteiger partial charge in [0.25, 0.3) is 5.69 Å². The van der Waals surface area contributed by atoms with Crippen molar-refractivity contribution in [1.29, 1.82) is 0 Å². The lowest BCUT2D eigenvalue weighted by Gasteiger charge is -1.99. The second-order valence-corrected chi connectivity index (χ2v) is 4.21. The third kappa shape index (κ3) is 1.93. The van der Waals surface area contributed by atoms with Crippen LogP contribution >= 0.6 is 0 Å². The first-order valence-electron chi connectivity index (χ1n) is 5.70. The summed E-state index contributed by atoms with van der Waals surface area (Å²) in [6.45, 7) is 1.72. The van der Waals surface area contributed by atoms with Gasteiger partial charge >= 0.3 is 0 Å². The standard InChI is InChI=1S/C13H10N4O2/c1-9-3-4-10(7-12(9)17(18)19)11-8-16-6-2-5-14-13(16)15-11/h2-8H,1H3. The van der Waals surface area contributed by atoms with Gasteiger partial charge in [0.1, 0.15) is 0 Å². The smallest absolute Gasteiger partial charge is 0.272 e. The van der Waals surface area contributed by atoms with Crippen molar-refractivity contribution in [2.24, 2.45) is 0 Å². The summed E-state index contributed by atoms with van der Waals surface area (Å²) in [4.78, 5) is 19.0. The molecule has 2 heterocycles. The molecule has 0 spiro atoms. The second-order valence-electron chi connectivity index (χ2n) is 4.21. The van der Waals surface area contributed by atoms with E-state index in [0.717, 1.165) is 0 Å². The predicted molar refractivity (Wildman–Crippen MR) is 69.8 cm³/mol. The van der Waals surface area contributed by atoms with Crippen molar-refractivity contribution in [2.45, 2.75) is 6.92 Å². The van der Waals surface area contributed by atoms with Crippen molar-refractivity contribution in [2.75, 3.05) is 0 Å². The molecular formula is C13H10N4O2. The van der Waals surface area contributed by atoms with E-state index in [1.165, 1.54) is 6.07 Å². The molecule has 94 valence electrons. The fraction of sp³-hybridized carbons (Fsp3) is 0.0769. The Labute approximate surface area is 108 Å². The van der Waals surface area contributed by atoms with Gasteiger partial charge in [0.2, 0.25) is 5.78 Å². The fourth-order valence-electron chi connectivity index (χ4n) is 1.93. The van der Waals surface area contributed by atoms with Crippen LogP contribution in [0, 0.1) is 17.0 Å². The van der Waals surface area contributed by atoms with Crippen LogP contribution in [0.25, 0.3) is 17.0 Å². The molecule has 0 atom stereocenters. The zero-order valence-electron chi connectivity index (χ0n) is 10.1. The number of rotatable bonds is 2. The molecule has 3 aromatic rings. The molecular weight excluding hydrogens is 244 g/mol. The molecule has 0 aliphatic rings. The summed E-state index contributed by atoms with van der Waals surface area (Å²) < 4.78 is 1.78. The maximum Gasteiger partial charge on any atom is 0.272 e. The van der Waals surface area contributed by atoms with E-state index in [0.29, 0.717) is 22.6 Å². The lowest BCUT2D eigenvalue weighted by molar-refractivity contribution is -0.385. The van der Waals surface area contributed by atoms with Gasteiger partial charge in [-0.15, -0.1) is 0 Å². The largest absolute Gasteiger partial charge is 0.291 e. The van der Waals surface area contributed by atoms with Crippen LogP contribution < -0.4 is 0 Å². The summed E-state index contributed by atoms with van der Waals surface area (Å²) in [5.74, 6) is 0.570. The first-order chi connectivity index (χ1) is 9.15. The Morgan fingerprint density at radius 1 is 1.37 bits per heavy atom. The second kappa shape index (κ2) is 4.16. The molecule has 0 aliphatic carbocycles. The number of nitro benzene ring substituents is 1. The maximum absolute atomic E-state index is 10.9. The van der Waals surface area contributed by atoms with Crippen LogP contribution in [0.1, 0.15) is 5.56 Å². The Bertz CT molecular complexity index is 746. The Morgan fingerprint density at radius 3 is 2.95 bits per heavy atom. The van der Waals surface area contributed by atoms with Gasteiger partial charge in [0.05, 0.1) is 10.6 Å². The summed E-state index contributed by atoms with van der Waals surface area (Å²) in [6, 6.07) is 6.89. The minimum atomic E-state index is -0.382. The zero-order chi connectivity index (χ0) is 13.4. The molecule has 0 amide bonds. The zero-order valence-corrected chi connectivity index (χ0v) is 10.1. The maximum atomic E-state index is 10.9. The van der Waals surface area contributed by atoms with E-state index in [2.05, 4.69) is 9.97 Å². The molecule has 1 aromatic carbocycles. The summed E-state index contributed by atoms with van der Waals surface area (Å²) in [7, 11) is 0. The molecule has 0 bridgehead atoms. The van der Waals surface area contributed by atoms with Gasteiger partial charge in [-0.1, -0.05) is 12.1 Å². The highest BCUT2D eigenvalue weighted by Crippen LogP contribution is 2.26. The third-order valence-corrected chi connectivity index (χ3v) is 2.94. The number of hydrogen-bond acceptors (Lipinski definition) is 4. The molecule has 0 unspecified atom stereocenters. The summed E-state index contributed by atoms with van der Waals surface area (Å²) in [6.07, 6.45) is 5.29. The summed E-state index contributed by atoms with van der Waals surface area (Å²) >= 11 is 0. The highest BCUT2D eigenvalue weighted by molar-refractivity contribution is 5.65.